The van der Waals surface area contributed by atoms with Crippen LogP contribution in [0.3, 0.4) is 0 Å². The summed E-state index contributed by atoms with van der Waals surface area (Å²) in [6.07, 6.45) is 5.33. The van der Waals surface area contributed by atoms with Gasteiger partial charge in [0.05, 0.1) is 13.2 Å². The number of rotatable bonds is 3. The van der Waals surface area contributed by atoms with Crippen LogP contribution in [0.4, 0.5) is 4.79 Å². The first kappa shape index (κ1) is 16.1. The van der Waals surface area contributed by atoms with Crippen LogP contribution in [0.2, 0.25) is 0 Å². The maximum Gasteiger partial charge on any atom is 0.320 e. The number of hydrogen-bond acceptors (Lipinski definition) is 3. The third kappa shape index (κ3) is 4.16. The lowest BCUT2D eigenvalue weighted by atomic mass is 9.96. The molecule has 1 N–H and O–H groups in total. The van der Waals surface area contributed by atoms with E-state index in [1.54, 1.807) is 12.1 Å². The lowest BCUT2D eigenvalue weighted by Crippen LogP contribution is -2.53. The van der Waals surface area contributed by atoms with Crippen LogP contribution in [-0.2, 0) is 11.2 Å². The van der Waals surface area contributed by atoms with Gasteiger partial charge in [-0.1, -0.05) is 12.1 Å². The van der Waals surface area contributed by atoms with Crippen molar-refractivity contribution in [2.45, 2.75) is 38.1 Å². The predicted molar refractivity (Wildman–Crippen MR) is 88.6 cm³/mol. The van der Waals surface area contributed by atoms with Gasteiger partial charge in [-0.3, -0.25) is 0 Å². The van der Waals surface area contributed by atoms with Gasteiger partial charge in [-0.05, 0) is 49.8 Å². The lowest BCUT2D eigenvalue weighted by molar-refractivity contribution is 0.0350. The number of ether oxygens (including phenoxy) is 1. The topological polar surface area (TPSA) is 53.0 Å². The number of phenols is 1. The minimum atomic E-state index is 0.184. The van der Waals surface area contributed by atoms with Crippen LogP contribution in [0, 0.1) is 0 Å². The van der Waals surface area contributed by atoms with Gasteiger partial charge >= 0.3 is 6.03 Å². The molecule has 2 aliphatic heterocycles. The Hall–Kier alpha value is -1.75. The molecule has 0 aromatic heterocycles. The molecule has 126 valence electrons. The van der Waals surface area contributed by atoms with Crippen LogP contribution in [0.1, 0.15) is 31.2 Å². The summed E-state index contributed by atoms with van der Waals surface area (Å²) in [6, 6.07) is 7.90. The molecule has 2 saturated heterocycles. The van der Waals surface area contributed by atoms with Crippen molar-refractivity contribution in [3.05, 3.63) is 29.8 Å². The number of nitrogens with zero attached hydrogens (tertiary/aromatic N) is 2. The zero-order valence-electron chi connectivity index (χ0n) is 13.6. The minimum absolute atomic E-state index is 0.184. The number of likely N-dealkylation sites (tertiary alicyclic amines) is 1. The van der Waals surface area contributed by atoms with E-state index in [1.807, 2.05) is 17.0 Å². The molecule has 2 heterocycles. The summed E-state index contributed by atoms with van der Waals surface area (Å²) in [6.45, 7) is 3.59. The molecule has 0 spiro atoms. The number of amides is 2. The van der Waals surface area contributed by atoms with Gasteiger partial charge < -0.3 is 19.6 Å². The Balaban J connectivity index is 1.59. The summed E-state index contributed by atoms with van der Waals surface area (Å²) in [7, 11) is 0. The average molecular weight is 318 g/mol. The molecule has 3 rings (SSSR count). The zero-order valence-corrected chi connectivity index (χ0v) is 13.6. The number of piperidine rings is 1. The molecule has 1 aromatic rings. The van der Waals surface area contributed by atoms with Crippen LogP contribution in [-0.4, -0.2) is 59.8 Å². The van der Waals surface area contributed by atoms with Gasteiger partial charge in [-0.25, -0.2) is 4.79 Å². The second-order valence-electron chi connectivity index (χ2n) is 6.43. The van der Waals surface area contributed by atoms with Crippen LogP contribution < -0.4 is 0 Å². The quantitative estimate of drug-likeness (QED) is 0.932. The summed E-state index contributed by atoms with van der Waals surface area (Å²) >= 11 is 0. The minimum Gasteiger partial charge on any atom is -0.508 e. The third-order valence-electron chi connectivity index (χ3n) is 4.86. The Bertz CT molecular complexity index is 512. The lowest BCUT2D eigenvalue weighted by Gasteiger charge is -2.40. The van der Waals surface area contributed by atoms with E-state index in [-0.39, 0.29) is 6.03 Å². The van der Waals surface area contributed by atoms with E-state index in [0.717, 1.165) is 32.2 Å². The van der Waals surface area contributed by atoms with Gasteiger partial charge in [0, 0.05) is 25.7 Å². The normalized spacial score (nSPS) is 22.2. The van der Waals surface area contributed by atoms with Gasteiger partial charge in [-0.2, -0.15) is 0 Å². The zero-order chi connectivity index (χ0) is 16.1. The van der Waals surface area contributed by atoms with E-state index >= 15 is 0 Å². The molecule has 1 atom stereocenters. The number of hydrogen-bond donors (Lipinski definition) is 1. The summed E-state index contributed by atoms with van der Waals surface area (Å²) in [5.74, 6) is 0.301. The Morgan fingerprint density at radius 2 is 1.87 bits per heavy atom. The fraction of sp³-hybridized carbons (Fsp3) is 0.611. The number of carbonyl (C=O) groups is 1. The molecule has 2 aliphatic rings. The second-order valence-corrected chi connectivity index (χ2v) is 6.43. The van der Waals surface area contributed by atoms with Crippen LogP contribution >= 0.6 is 0 Å². The molecule has 5 heteroatoms. The smallest absolute Gasteiger partial charge is 0.320 e. The van der Waals surface area contributed by atoms with Gasteiger partial charge in [0.1, 0.15) is 5.75 Å². The monoisotopic (exact) mass is 318 g/mol. The highest BCUT2D eigenvalue weighted by molar-refractivity contribution is 5.75. The standard InChI is InChI=1S/C18H26N2O3/c21-17-8-5-15(6-9-17)4-7-16-3-1-2-10-20(16)18(22)19-11-13-23-14-12-19/h5-6,8-9,16,21H,1-4,7,10-14H2/t16-/m1/s1. The first-order chi connectivity index (χ1) is 11.2. The van der Waals surface area contributed by atoms with Gasteiger partial charge in [0.2, 0.25) is 0 Å². The van der Waals surface area contributed by atoms with Crippen molar-refractivity contribution < 1.29 is 14.6 Å². The highest BCUT2D eigenvalue weighted by atomic mass is 16.5. The van der Waals surface area contributed by atoms with Gasteiger partial charge in [0.15, 0.2) is 0 Å². The predicted octanol–water partition coefficient (Wildman–Crippen LogP) is 2.63. The van der Waals surface area contributed by atoms with Crippen molar-refractivity contribution in [2.75, 3.05) is 32.8 Å². The molecular formula is C18H26N2O3. The highest BCUT2D eigenvalue weighted by Gasteiger charge is 2.30. The van der Waals surface area contributed by atoms with Crippen molar-refractivity contribution in [3.63, 3.8) is 0 Å². The molecule has 0 radical (unpaired) electrons. The maximum absolute atomic E-state index is 12.8. The first-order valence-electron chi connectivity index (χ1n) is 8.65. The summed E-state index contributed by atoms with van der Waals surface area (Å²) in [4.78, 5) is 16.8. The number of aryl methyl sites for hydroxylation is 1. The first-order valence-corrected chi connectivity index (χ1v) is 8.65. The van der Waals surface area contributed by atoms with E-state index in [4.69, 9.17) is 4.74 Å². The largest absolute Gasteiger partial charge is 0.508 e. The number of morpholine rings is 1. The molecule has 1 aromatic carbocycles. The van der Waals surface area contributed by atoms with Crippen LogP contribution in [0.25, 0.3) is 0 Å². The SMILES string of the molecule is O=C(N1CCOCC1)N1CCCC[C@@H]1CCc1ccc(O)cc1. The molecule has 5 nitrogen and oxygen atoms in total. The van der Waals surface area contributed by atoms with E-state index in [0.29, 0.717) is 38.1 Å². The molecule has 0 unspecified atom stereocenters. The van der Waals surface area contributed by atoms with Crippen LogP contribution in [0.5, 0.6) is 5.75 Å². The fourth-order valence-corrected chi connectivity index (χ4v) is 3.48. The number of carbonyl (C=O) groups excluding carboxylic acids is 1. The van der Waals surface area contributed by atoms with E-state index in [2.05, 4.69) is 4.90 Å². The fourth-order valence-electron chi connectivity index (χ4n) is 3.48. The summed E-state index contributed by atoms with van der Waals surface area (Å²) < 4.78 is 5.35. The molecule has 0 bridgehead atoms. The molecule has 0 saturated carbocycles. The Morgan fingerprint density at radius 3 is 2.61 bits per heavy atom. The summed E-state index contributed by atoms with van der Waals surface area (Å²) in [5.41, 5.74) is 1.21. The van der Waals surface area contributed by atoms with E-state index < -0.39 is 0 Å². The number of urea groups is 1. The van der Waals surface area contributed by atoms with Crippen molar-refractivity contribution in [3.8, 4) is 5.75 Å². The Morgan fingerprint density at radius 1 is 1.13 bits per heavy atom. The second kappa shape index (κ2) is 7.68. The van der Waals surface area contributed by atoms with Crippen molar-refractivity contribution in [2.24, 2.45) is 0 Å². The molecule has 23 heavy (non-hydrogen) atoms. The Kier molecular flexibility index (Phi) is 5.39. The summed E-state index contributed by atoms with van der Waals surface area (Å²) in [5, 5.41) is 9.36. The van der Waals surface area contributed by atoms with Gasteiger partial charge in [-0.15, -0.1) is 0 Å². The third-order valence-corrected chi connectivity index (χ3v) is 4.86. The molecule has 0 aliphatic carbocycles. The average Bonchev–Trinajstić information content (AvgIpc) is 2.62. The molecular weight excluding hydrogens is 292 g/mol. The van der Waals surface area contributed by atoms with Crippen LogP contribution in [0.15, 0.2) is 24.3 Å². The molecule has 2 amide bonds. The number of benzene rings is 1. The molecule has 2 fully saturated rings. The van der Waals surface area contributed by atoms with E-state index in [1.165, 1.54) is 12.0 Å². The number of phenolic OH excluding ortho intramolecular Hbond substituents is 1. The van der Waals surface area contributed by atoms with Crippen molar-refractivity contribution in [1.29, 1.82) is 0 Å². The van der Waals surface area contributed by atoms with Gasteiger partial charge in [0.25, 0.3) is 0 Å². The Labute approximate surface area is 137 Å². The van der Waals surface area contributed by atoms with Crippen molar-refractivity contribution in [1.82, 2.24) is 9.80 Å². The maximum atomic E-state index is 12.8. The highest BCUT2D eigenvalue weighted by Crippen LogP contribution is 2.23. The number of aromatic hydroxyl groups is 1. The van der Waals surface area contributed by atoms with Crippen molar-refractivity contribution >= 4 is 6.03 Å². The van der Waals surface area contributed by atoms with E-state index in [9.17, 15) is 9.90 Å².